The Balaban J connectivity index is 1.26. The third-order valence-electron chi connectivity index (χ3n) is 18.7. The second-order valence-electron chi connectivity index (χ2n) is 23.1. The van der Waals surface area contributed by atoms with E-state index in [1.54, 1.807) is 0 Å². The zero-order valence-electron chi connectivity index (χ0n) is 40.3. The van der Waals surface area contributed by atoms with Gasteiger partial charge in [-0.3, -0.25) is 0 Å². The topological polar surface area (TPSA) is 318 Å². The SMILES string of the molecule is CC(C)=CCC[C@@](C)(O[C@@H]1O[C@H](CO)[C@@H](O)[C@H](O)[C@H]1O[C@@H]1O[C@H](CO)[C@@H](O)[C@H](O)[C@H]1O)[C@H]1CC[C@]2(C)[C@@H]1[C@H](O)C[C@@H]1[C@@]3(C)CC[C@@H](O)C(C)(C)[C@H]3[C@H](O[C@@H]3O[C@H](CO)[C@@H](O)[C@H](O)[C@H]3O)C[C@]12C. The zero-order valence-corrected chi connectivity index (χ0v) is 40.3. The fourth-order valence-corrected chi connectivity index (χ4v) is 14.9. The van der Waals surface area contributed by atoms with Crippen molar-refractivity contribution in [1.82, 2.24) is 0 Å². The van der Waals surface area contributed by atoms with Gasteiger partial charge in [0.1, 0.15) is 73.2 Å². The predicted molar refractivity (Wildman–Crippen MR) is 235 cm³/mol. The van der Waals surface area contributed by atoms with Gasteiger partial charge in [-0.15, -0.1) is 0 Å². The van der Waals surface area contributed by atoms with Gasteiger partial charge in [-0.1, -0.05) is 46.3 Å². The van der Waals surface area contributed by atoms with E-state index in [1.807, 2.05) is 34.6 Å². The highest BCUT2D eigenvalue weighted by atomic mass is 16.8. The molecule has 13 N–H and O–H groups in total. The fraction of sp³-hybridized carbons (Fsp3) is 0.958. The van der Waals surface area contributed by atoms with Crippen LogP contribution in [0.4, 0.5) is 0 Å². The number of aliphatic hydroxyl groups excluding tert-OH is 13. The van der Waals surface area contributed by atoms with Gasteiger partial charge < -0.3 is 94.8 Å². The van der Waals surface area contributed by atoms with Crippen molar-refractivity contribution < 1.29 is 94.8 Å². The van der Waals surface area contributed by atoms with Crippen LogP contribution in [0.5, 0.6) is 0 Å². The summed E-state index contributed by atoms with van der Waals surface area (Å²) in [4.78, 5) is 0. The largest absolute Gasteiger partial charge is 0.394 e. The van der Waals surface area contributed by atoms with Crippen LogP contribution in [-0.2, 0) is 28.4 Å². The van der Waals surface area contributed by atoms with Gasteiger partial charge in [0.15, 0.2) is 18.9 Å². The highest BCUT2D eigenvalue weighted by molar-refractivity contribution is 5.22. The highest BCUT2D eigenvalue weighted by Gasteiger charge is 2.74. The second kappa shape index (κ2) is 19.8. The zero-order chi connectivity index (χ0) is 49.5. The molecule has 7 rings (SSSR count). The van der Waals surface area contributed by atoms with E-state index in [-0.39, 0.29) is 17.8 Å². The minimum atomic E-state index is -1.85. The van der Waals surface area contributed by atoms with Crippen molar-refractivity contribution in [1.29, 1.82) is 0 Å². The Morgan fingerprint density at radius 3 is 1.70 bits per heavy atom. The van der Waals surface area contributed by atoms with Crippen molar-refractivity contribution in [3.63, 3.8) is 0 Å². The quantitative estimate of drug-likeness (QED) is 0.0773. The first-order valence-electron chi connectivity index (χ1n) is 24.5. The van der Waals surface area contributed by atoms with Crippen LogP contribution in [-0.4, -0.2) is 202 Å². The Morgan fingerprint density at radius 1 is 0.642 bits per heavy atom. The smallest absolute Gasteiger partial charge is 0.187 e. The molecule has 7 aliphatic rings. The Kier molecular flexibility index (Phi) is 15.9. The van der Waals surface area contributed by atoms with Gasteiger partial charge in [0.25, 0.3) is 0 Å². The second-order valence-corrected chi connectivity index (χ2v) is 23.1. The average Bonchev–Trinajstić information content (AvgIpc) is 3.66. The third-order valence-corrected chi connectivity index (χ3v) is 18.7. The van der Waals surface area contributed by atoms with E-state index in [0.717, 1.165) is 5.57 Å². The molecule has 3 aliphatic heterocycles. The molecule has 67 heavy (non-hydrogen) atoms. The number of hydrogen-bond donors (Lipinski definition) is 13. The lowest BCUT2D eigenvalue weighted by Crippen LogP contribution is -2.71. The molecule has 0 aromatic rings. The Hall–Kier alpha value is -1.02. The summed E-state index contributed by atoms with van der Waals surface area (Å²) in [5, 5.41) is 142. The van der Waals surface area contributed by atoms with Gasteiger partial charge in [0.2, 0.25) is 0 Å². The summed E-state index contributed by atoms with van der Waals surface area (Å²) in [7, 11) is 0. The van der Waals surface area contributed by atoms with Gasteiger partial charge >= 0.3 is 0 Å². The van der Waals surface area contributed by atoms with Crippen LogP contribution >= 0.6 is 0 Å². The number of aliphatic hydroxyl groups is 13. The maximum Gasteiger partial charge on any atom is 0.187 e. The molecule has 4 aliphatic carbocycles. The summed E-state index contributed by atoms with van der Waals surface area (Å²) in [6.07, 6.45) is -19.9. The summed E-state index contributed by atoms with van der Waals surface area (Å²) in [6.45, 7) is 14.5. The minimum Gasteiger partial charge on any atom is -0.394 e. The maximum atomic E-state index is 12.8. The number of allylic oxidation sites excluding steroid dienone is 2. The highest BCUT2D eigenvalue weighted by Crippen LogP contribution is 2.76. The average molecular weight is 963 g/mol. The van der Waals surface area contributed by atoms with Crippen molar-refractivity contribution in [2.24, 2.45) is 45.3 Å². The first-order valence-corrected chi connectivity index (χ1v) is 24.5. The molecule has 19 nitrogen and oxygen atoms in total. The van der Waals surface area contributed by atoms with E-state index in [1.165, 1.54) is 0 Å². The van der Waals surface area contributed by atoms with Gasteiger partial charge in [0, 0.05) is 0 Å². The van der Waals surface area contributed by atoms with Gasteiger partial charge in [0.05, 0.1) is 43.7 Å². The molecule has 4 saturated carbocycles. The molecule has 0 radical (unpaired) electrons. The third kappa shape index (κ3) is 9.03. The molecule has 0 amide bonds. The molecule has 3 heterocycles. The van der Waals surface area contributed by atoms with Crippen molar-refractivity contribution in [3.05, 3.63) is 11.6 Å². The lowest BCUT2D eigenvalue weighted by Gasteiger charge is -2.72. The molecule has 19 heteroatoms. The normalized spacial score (nSPS) is 52.9. The minimum absolute atomic E-state index is 0.0841. The molecule has 0 bridgehead atoms. The Labute approximate surface area is 393 Å². The van der Waals surface area contributed by atoms with E-state index in [9.17, 15) is 66.4 Å². The Bertz CT molecular complexity index is 1710. The monoisotopic (exact) mass is 963 g/mol. The molecule has 0 aromatic carbocycles. The molecule has 26 atom stereocenters. The lowest BCUT2D eigenvalue weighted by molar-refractivity contribution is -0.382. The molecule has 0 aromatic heterocycles. The van der Waals surface area contributed by atoms with Crippen LogP contribution in [0.15, 0.2) is 11.6 Å². The van der Waals surface area contributed by atoms with E-state index < -0.39 is 163 Å². The van der Waals surface area contributed by atoms with Crippen molar-refractivity contribution in [3.8, 4) is 0 Å². The number of ether oxygens (including phenoxy) is 6. The van der Waals surface area contributed by atoms with Crippen molar-refractivity contribution in [2.75, 3.05) is 19.8 Å². The van der Waals surface area contributed by atoms with E-state index in [0.29, 0.717) is 51.4 Å². The standard InChI is InChI=1S/C48H82O19/c1-21(2)10-9-13-48(8,67-43-39(36(59)33(56)27(20-51)65-43)66-42-38(61)35(58)32(55)26(19-50)64-42)22-11-15-46(6)30(22)23(52)16-28-45(5)14-12-29(53)44(3,4)40(45)24(17-47(28,46)7)62-41-37(60)34(57)31(54)25(18-49)63-41/h10,22-43,49-61H,9,11-20H2,1-8H3/t22-,23+,24+,25+,26+,27+,28+,29+,30-,31+,32+,33+,34-,35-,36-,37+,38+,39+,40+,41+,42-,43-,45+,46+,47+,48+/m0/s1. The Morgan fingerprint density at radius 2 is 1.16 bits per heavy atom. The lowest BCUT2D eigenvalue weighted by atomic mass is 9.34. The van der Waals surface area contributed by atoms with E-state index in [2.05, 4.69) is 26.8 Å². The molecule has 0 spiro atoms. The van der Waals surface area contributed by atoms with Gasteiger partial charge in [-0.05, 0) is 117 Å². The summed E-state index contributed by atoms with van der Waals surface area (Å²) < 4.78 is 37.8. The summed E-state index contributed by atoms with van der Waals surface area (Å²) in [5.41, 5.74) is -2.54. The molecular weight excluding hydrogens is 881 g/mol. The van der Waals surface area contributed by atoms with Crippen molar-refractivity contribution >= 4 is 0 Å². The van der Waals surface area contributed by atoms with Crippen LogP contribution in [0.1, 0.15) is 107 Å². The predicted octanol–water partition coefficient (Wildman–Crippen LogP) is -1.06. The number of fused-ring (bicyclic) bond motifs is 5. The van der Waals surface area contributed by atoms with Crippen LogP contribution in [0.25, 0.3) is 0 Å². The van der Waals surface area contributed by atoms with Crippen LogP contribution in [0, 0.1) is 45.3 Å². The summed E-state index contributed by atoms with van der Waals surface area (Å²) in [5.74, 6) is -1.21. The first kappa shape index (κ1) is 53.8. The summed E-state index contributed by atoms with van der Waals surface area (Å²) in [6, 6.07) is 0. The van der Waals surface area contributed by atoms with Crippen LogP contribution in [0.2, 0.25) is 0 Å². The summed E-state index contributed by atoms with van der Waals surface area (Å²) >= 11 is 0. The number of rotatable bonds is 13. The molecule has 7 fully saturated rings. The first-order chi connectivity index (χ1) is 31.3. The van der Waals surface area contributed by atoms with E-state index >= 15 is 0 Å². The van der Waals surface area contributed by atoms with Gasteiger partial charge in [-0.25, -0.2) is 0 Å². The van der Waals surface area contributed by atoms with Crippen LogP contribution < -0.4 is 0 Å². The molecule has 3 saturated heterocycles. The van der Waals surface area contributed by atoms with E-state index in [4.69, 9.17) is 28.4 Å². The number of hydrogen-bond acceptors (Lipinski definition) is 19. The van der Waals surface area contributed by atoms with Gasteiger partial charge in [-0.2, -0.15) is 0 Å². The molecular formula is C48H82O19. The van der Waals surface area contributed by atoms with Crippen LogP contribution in [0.3, 0.4) is 0 Å². The molecule has 388 valence electrons. The maximum absolute atomic E-state index is 12.8. The van der Waals surface area contributed by atoms with Crippen molar-refractivity contribution in [2.45, 2.75) is 223 Å². The molecule has 0 unspecified atom stereocenters. The fourth-order valence-electron chi connectivity index (χ4n) is 14.9.